The first-order chi connectivity index (χ1) is 10.4. The van der Waals surface area contributed by atoms with Crippen LogP contribution in [-0.2, 0) is 0 Å². The Morgan fingerprint density at radius 2 is 1.76 bits per heavy atom. The van der Waals surface area contributed by atoms with E-state index >= 15 is 0 Å². The molecule has 0 aliphatic heterocycles. The summed E-state index contributed by atoms with van der Waals surface area (Å²) in [4.78, 5) is 0. The molecule has 0 radical (unpaired) electrons. The van der Waals surface area contributed by atoms with Crippen molar-refractivity contribution >= 4 is 0 Å². The maximum atomic E-state index is 3.93. The quantitative estimate of drug-likeness (QED) is 0.715. The molecule has 0 saturated heterocycles. The van der Waals surface area contributed by atoms with Gasteiger partial charge in [0.2, 0.25) is 0 Å². The average molecular weight is 285 g/mol. The maximum absolute atomic E-state index is 3.93. The fraction of sp³-hybridized carbons (Fsp3) is 0.700. The summed E-state index contributed by atoms with van der Waals surface area (Å²) in [7, 11) is 0. The van der Waals surface area contributed by atoms with Gasteiger partial charge in [-0.2, -0.15) is 0 Å². The van der Waals surface area contributed by atoms with Gasteiger partial charge < -0.3 is 5.32 Å². The lowest BCUT2D eigenvalue weighted by molar-refractivity contribution is 0.288. The maximum Gasteiger partial charge on any atom is 0.0130 e. The van der Waals surface area contributed by atoms with E-state index in [1.54, 1.807) is 5.56 Å². The van der Waals surface area contributed by atoms with E-state index in [1.807, 2.05) is 0 Å². The molecular weight excluding hydrogens is 254 g/mol. The molecular formula is C20H31N. The van der Waals surface area contributed by atoms with E-state index < -0.39 is 0 Å². The third-order valence-electron chi connectivity index (χ3n) is 5.57. The molecule has 2 aliphatic carbocycles. The Labute approximate surface area is 130 Å². The number of hydrogen-bond donors (Lipinski definition) is 1. The molecule has 0 aromatic heterocycles. The van der Waals surface area contributed by atoms with Crippen molar-refractivity contribution in [3.8, 4) is 0 Å². The third-order valence-corrected chi connectivity index (χ3v) is 5.57. The predicted molar refractivity (Wildman–Crippen MR) is 90.6 cm³/mol. The monoisotopic (exact) mass is 285 g/mol. The van der Waals surface area contributed by atoms with Crippen LogP contribution in [0.4, 0.5) is 0 Å². The topological polar surface area (TPSA) is 12.0 Å². The molecule has 1 heteroatoms. The SMILES string of the molecule is CCCNC(C1CCCCCC1)C1CC1c1ccccc1. The highest BCUT2D eigenvalue weighted by Crippen LogP contribution is 2.52. The number of nitrogens with one attached hydrogen (secondary N) is 1. The highest BCUT2D eigenvalue weighted by Gasteiger charge is 2.45. The summed E-state index contributed by atoms with van der Waals surface area (Å²) in [6.45, 7) is 3.48. The van der Waals surface area contributed by atoms with Crippen molar-refractivity contribution in [3.63, 3.8) is 0 Å². The highest BCUT2D eigenvalue weighted by molar-refractivity contribution is 5.27. The number of benzene rings is 1. The third kappa shape index (κ3) is 3.88. The molecule has 2 saturated carbocycles. The van der Waals surface area contributed by atoms with Crippen LogP contribution in [0.1, 0.15) is 69.8 Å². The molecule has 1 nitrogen and oxygen atoms in total. The second kappa shape index (κ2) is 7.45. The van der Waals surface area contributed by atoms with Crippen LogP contribution in [0.3, 0.4) is 0 Å². The number of hydrogen-bond acceptors (Lipinski definition) is 1. The Morgan fingerprint density at radius 3 is 2.43 bits per heavy atom. The predicted octanol–water partition coefficient (Wildman–Crippen LogP) is 5.13. The normalized spacial score (nSPS) is 28.0. The molecule has 2 aliphatic rings. The minimum atomic E-state index is 0.772. The average Bonchev–Trinajstić information content (AvgIpc) is 3.33. The van der Waals surface area contributed by atoms with Gasteiger partial charge in [0.05, 0.1) is 0 Å². The summed E-state index contributed by atoms with van der Waals surface area (Å²) in [5.74, 6) is 2.64. The van der Waals surface area contributed by atoms with Crippen molar-refractivity contribution in [2.75, 3.05) is 6.54 Å². The first-order valence-electron chi connectivity index (χ1n) is 9.18. The van der Waals surface area contributed by atoms with E-state index in [2.05, 4.69) is 42.6 Å². The lowest BCUT2D eigenvalue weighted by Gasteiger charge is -2.28. The molecule has 0 spiro atoms. The van der Waals surface area contributed by atoms with Gasteiger partial charge in [-0.1, -0.05) is 62.9 Å². The van der Waals surface area contributed by atoms with E-state index in [0.717, 1.165) is 23.8 Å². The summed E-state index contributed by atoms with van der Waals surface area (Å²) in [5.41, 5.74) is 1.57. The fourth-order valence-corrected chi connectivity index (χ4v) is 4.34. The van der Waals surface area contributed by atoms with Crippen LogP contribution in [0, 0.1) is 11.8 Å². The molecule has 1 aromatic rings. The van der Waals surface area contributed by atoms with Crippen LogP contribution in [0.25, 0.3) is 0 Å². The van der Waals surface area contributed by atoms with Gasteiger partial charge in [0.25, 0.3) is 0 Å². The van der Waals surface area contributed by atoms with Crippen LogP contribution in [0.15, 0.2) is 30.3 Å². The molecule has 0 heterocycles. The molecule has 21 heavy (non-hydrogen) atoms. The van der Waals surface area contributed by atoms with E-state index in [9.17, 15) is 0 Å². The molecule has 1 N–H and O–H groups in total. The second-order valence-electron chi connectivity index (χ2n) is 7.15. The van der Waals surface area contributed by atoms with Gasteiger partial charge in [0, 0.05) is 6.04 Å². The summed E-state index contributed by atoms with van der Waals surface area (Å²) in [6, 6.07) is 12.0. The highest BCUT2D eigenvalue weighted by atomic mass is 14.9. The molecule has 3 rings (SSSR count). The van der Waals surface area contributed by atoms with Gasteiger partial charge in [-0.15, -0.1) is 0 Å². The van der Waals surface area contributed by atoms with Crippen molar-refractivity contribution in [1.82, 2.24) is 5.32 Å². The van der Waals surface area contributed by atoms with Gasteiger partial charge in [-0.25, -0.2) is 0 Å². The van der Waals surface area contributed by atoms with Crippen molar-refractivity contribution in [3.05, 3.63) is 35.9 Å². The fourth-order valence-electron chi connectivity index (χ4n) is 4.34. The molecule has 0 bridgehead atoms. The zero-order valence-electron chi connectivity index (χ0n) is 13.6. The molecule has 1 aromatic carbocycles. The van der Waals surface area contributed by atoms with Crippen molar-refractivity contribution in [2.24, 2.45) is 11.8 Å². The van der Waals surface area contributed by atoms with Crippen molar-refractivity contribution < 1.29 is 0 Å². The van der Waals surface area contributed by atoms with Crippen molar-refractivity contribution in [2.45, 2.75) is 70.3 Å². The van der Waals surface area contributed by atoms with Gasteiger partial charge in [0.1, 0.15) is 0 Å². The Kier molecular flexibility index (Phi) is 5.35. The lowest BCUT2D eigenvalue weighted by Crippen LogP contribution is -2.39. The Bertz CT molecular complexity index is 405. The Morgan fingerprint density at radius 1 is 1.05 bits per heavy atom. The first kappa shape index (κ1) is 15.1. The van der Waals surface area contributed by atoms with Crippen LogP contribution < -0.4 is 5.32 Å². The standard InChI is InChI=1S/C20H31N/c1-2-14-21-20(17-12-6-3-4-7-13-17)19-15-18(19)16-10-8-5-9-11-16/h5,8-11,17-21H,2-4,6-7,12-15H2,1H3. The van der Waals surface area contributed by atoms with Crippen molar-refractivity contribution in [1.29, 1.82) is 0 Å². The molecule has 2 fully saturated rings. The van der Waals surface area contributed by atoms with E-state index in [0.29, 0.717) is 0 Å². The van der Waals surface area contributed by atoms with Crippen LogP contribution in [0.5, 0.6) is 0 Å². The summed E-state index contributed by atoms with van der Waals surface area (Å²) in [6.07, 6.45) is 11.4. The number of rotatable bonds is 6. The molecule has 3 unspecified atom stereocenters. The smallest absolute Gasteiger partial charge is 0.0130 e. The molecule has 116 valence electrons. The van der Waals surface area contributed by atoms with Crippen LogP contribution in [-0.4, -0.2) is 12.6 Å². The molecule has 3 atom stereocenters. The van der Waals surface area contributed by atoms with E-state index in [4.69, 9.17) is 0 Å². The first-order valence-corrected chi connectivity index (χ1v) is 9.18. The summed E-state index contributed by atoms with van der Waals surface area (Å²) < 4.78 is 0. The van der Waals surface area contributed by atoms with Gasteiger partial charge in [0.15, 0.2) is 0 Å². The Balaban J connectivity index is 1.65. The van der Waals surface area contributed by atoms with Gasteiger partial charge in [-0.3, -0.25) is 0 Å². The molecule has 0 amide bonds. The van der Waals surface area contributed by atoms with Gasteiger partial charge >= 0.3 is 0 Å². The van der Waals surface area contributed by atoms with E-state index in [1.165, 1.54) is 57.9 Å². The zero-order valence-corrected chi connectivity index (χ0v) is 13.6. The second-order valence-corrected chi connectivity index (χ2v) is 7.15. The van der Waals surface area contributed by atoms with Gasteiger partial charge in [-0.05, 0) is 55.5 Å². The minimum Gasteiger partial charge on any atom is -0.313 e. The summed E-state index contributed by atoms with van der Waals surface area (Å²) >= 11 is 0. The largest absolute Gasteiger partial charge is 0.313 e. The minimum absolute atomic E-state index is 0.772. The zero-order chi connectivity index (χ0) is 14.5. The Hall–Kier alpha value is -0.820. The summed E-state index contributed by atoms with van der Waals surface area (Å²) in [5, 5.41) is 3.93. The lowest BCUT2D eigenvalue weighted by atomic mass is 9.87. The van der Waals surface area contributed by atoms with Crippen LogP contribution in [0.2, 0.25) is 0 Å². The van der Waals surface area contributed by atoms with E-state index in [-0.39, 0.29) is 0 Å². The van der Waals surface area contributed by atoms with Crippen LogP contribution >= 0.6 is 0 Å².